The van der Waals surface area contributed by atoms with Crippen molar-refractivity contribution < 1.29 is 32.3 Å². The van der Waals surface area contributed by atoms with Gasteiger partial charge in [0.25, 0.3) is 11.8 Å². The summed E-state index contributed by atoms with van der Waals surface area (Å²) in [6.45, 7) is -0.0390. The van der Waals surface area contributed by atoms with Gasteiger partial charge >= 0.3 is 6.09 Å². The van der Waals surface area contributed by atoms with Crippen LogP contribution in [0.5, 0.6) is 0 Å². The van der Waals surface area contributed by atoms with Gasteiger partial charge in [0, 0.05) is 16.9 Å². The highest BCUT2D eigenvalue weighted by molar-refractivity contribution is 6.04. The number of anilines is 2. The maximum atomic E-state index is 13.7. The first-order chi connectivity index (χ1) is 19.3. The van der Waals surface area contributed by atoms with E-state index in [1.165, 1.54) is 71.6 Å². The zero-order valence-corrected chi connectivity index (χ0v) is 20.8. The van der Waals surface area contributed by atoms with Crippen molar-refractivity contribution in [1.82, 2.24) is 4.90 Å². The molecule has 0 radical (unpaired) electrons. The third kappa shape index (κ3) is 5.96. The van der Waals surface area contributed by atoms with Crippen molar-refractivity contribution in [3.8, 4) is 0 Å². The highest BCUT2D eigenvalue weighted by Gasteiger charge is 2.47. The van der Waals surface area contributed by atoms with Crippen molar-refractivity contribution in [2.45, 2.75) is 18.7 Å². The van der Waals surface area contributed by atoms with E-state index in [4.69, 9.17) is 4.74 Å². The van der Waals surface area contributed by atoms with Crippen LogP contribution in [0.3, 0.4) is 0 Å². The number of ether oxygens (including phenoxy) is 1. The summed E-state index contributed by atoms with van der Waals surface area (Å²) in [5, 5.41) is 5.33. The predicted molar refractivity (Wildman–Crippen MR) is 141 cm³/mol. The number of carbonyl (C=O) groups excluding carboxylic acids is 3. The van der Waals surface area contributed by atoms with Gasteiger partial charge in [-0.3, -0.25) is 14.5 Å². The van der Waals surface area contributed by atoms with E-state index in [9.17, 15) is 27.6 Å². The fraction of sp³-hybridized carbons (Fsp3) is 0.100. The van der Waals surface area contributed by atoms with Gasteiger partial charge < -0.3 is 15.4 Å². The van der Waals surface area contributed by atoms with Crippen molar-refractivity contribution >= 4 is 29.3 Å². The molecule has 0 aliphatic carbocycles. The minimum absolute atomic E-state index is 0.0390. The Kier molecular flexibility index (Phi) is 7.50. The Morgan fingerprint density at radius 2 is 1.40 bits per heavy atom. The average molecular weight is 546 g/mol. The number of hydrogen-bond acceptors (Lipinski definition) is 4. The standard InChI is InChI=1S/C30H22F3N3O4/c31-21-10-4-18(5-11-21)17-36-26(29(38)35-25-3-1-2-23(33)16-25)27(40-30(36)39)19-8-14-24(15-9-19)34-28(37)20-6-12-22(32)13-7-20/h1-16,26-27H,17H2,(H,34,37)(H,35,38). The van der Waals surface area contributed by atoms with Crippen molar-refractivity contribution in [3.63, 3.8) is 0 Å². The highest BCUT2D eigenvalue weighted by Crippen LogP contribution is 2.35. The molecule has 2 atom stereocenters. The van der Waals surface area contributed by atoms with E-state index in [1.807, 2.05) is 0 Å². The number of benzene rings is 4. The van der Waals surface area contributed by atoms with Crippen LogP contribution in [0, 0.1) is 17.5 Å². The quantitative estimate of drug-likeness (QED) is 0.296. The summed E-state index contributed by atoms with van der Waals surface area (Å²) in [5.41, 5.74) is 1.92. The van der Waals surface area contributed by atoms with Crippen molar-refractivity contribution in [2.24, 2.45) is 0 Å². The Labute approximate surface area is 227 Å². The molecule has 1 saturated heterocycles. The molecule has 1 fully saturated rings. The van der Waals surface area contributed by atoms with Crippen molar-refractivity contribution in [1.29, 1.82) is 0 Å². The number of amides is 3. The van der Waals surface area contributed by atoms with Crippen LogP contribution in [0.1, 0.15) is 27.6 Å². The first-order valence-electron chi connectivity index (χ1n) is 12.2. The molecule has 7 nitrogen and oxygen atoms in total. The Balaban J connectivity index is 1.39. The first-order valence-corrected chi connectivity index (χ1v) is 12.2. The van der Waals surface area contributed by atoms with E-state index in [2.05, 4.69) is 10.6 Å². The van der Waals surface area contributed by atoms with Gasteiger partial charge in [0.2, 0.25) is 0 Å². The molecule has 5 rings (SSSR count). The summed E-state index contributed by atoms with van der Waals surface area (Å²) >= 11 is 0. The summed E-state index contributed by atoms with van der Waals surface area (Å²) in [7, 11) is 0. The Bertz CT molecular complexity index is 1540. The molecule has 40 heavy (non-hydrogen) atoms. The lowest BCUT2D eigenvalue weighted by Gasteiger charge is -2.24. The molecule has 202 valence electrons. The maximum absolute atomic E-state index is 13.7. The molecular formula is C30H22F3N3O4. The van der Waals surface area contributed by atoms with Gasteiger partial charge in [0.15, 0.2) is 12.1 Å². The minimum Gasteiger partial charge on any atom is -0.438 e. The van der Waals surface area contributed by atoms with E-state index in [1.54, 1.807) is 24.3 Å². The zero-order chi connectivity index (χ0) is 28.2. The predicted octanol–water partition coefficient (Wildman–Crippen LogP) is 6.06. The lowest BCUT2D eigenvalue weighted by molar-refractivity contribution is -0.121. The number of nitrogens with zero attached hydrogens (tertiary/aromatic N) is 1. The second-order valence-corrected chi connectivity index (χ2v) is 9.09. The summed E-state index contributed by atoms with van der Waals surface area (Å²) in [6, 6.07) is 21.1. The number of carbonyl (C=O) groups is 3. The van der Waals surface area contributed by atoms with E-state index >= 15 is 0 Å². The SMILES string of the molecule is O=C(Nc1ccc(C2OC(=O)N(Cc3ccc(F)cc3)C2C(=O)Nc2cccc(F)c2)cc1)c1ccc(F)cc1. The Morgan fingerprint density at radius 1 is 0.750 bits per heavy atom. The van der Waals surface area contributed by atoms with Crippen LogP contribution in [0.15, 0.2) is 97.1 Å². The molecule has 2 N–H and O–H groups in total. The summed E-state index contributed by atoms with van der Waals surface area (Å²) in [4.78, 5) is 40.1. The van der Waals surface area contributed by atoms with Gasteiger partial charge in [-0.25, -0.2) is 18.0 Å². The van der Waals surface area contributed by atoms with Gasteiger partial charge in [0.1, 0.15) is 17.5 Å². The summed E-state index contributed by atoms with van der Waals surface area (Å²) in [6.07, 6.45) is -1.80. The molecule has 0 saturated carbocycles. The summed E-state index contributed by atoms with van der Waals surface area (Å²) < 4.78 is 45.9. The molecule has 2 unspecified atom stereocenters. The van der Waals surface area contributed by atoms with E-state index in [0.29, 0.717) is 16.8 Å². The van der Waals surface area contributed by atoms with Crippen LogP contribution in [0.25, 0.3) is 0 Å². The summed E-state index contributed by atoms with van der Waals surface area (Å²) in [5.74, 6) is -2.52. The Hall–Kier alpha value is -5.12. The highest BCUT2D eigenvalue weighted by atomic mass is 19.1. The van der Waals surface area contributed by atoms with Crippen LogP contribution >= 0.6 is 0 Å². The average Bonchev–Trinajstić information content (AvgIpc) is 3.26. The van der Waals surface area contributed by atoms with Crippen LogP contribution in [-0.2, 0) is 16.1 Å². The molecule has 4 aromatic carbocycles. The molecule has 1 aliphatic heterocycles. The fourth-order valence-corrected chi connectivity index (χ4v) is 4.34. The largest absolute Gasteiger partial charge is 0.438 e. The molecule has 4 aromatic rings. The lowest BCUT2D eigenvalue weighted by atomic mass is 10.00. The van der Waals surface area contributed by atoms with Gasteiger partial charge in [0.05, 0.1) is 6.54 Å². The number of rotatable bonds is 7. The third-order valence-electron chi connectivity index (χ3n) is 6.32. The van der Waals surface area contributed by atoms with Gasteiger partial charge in [-0.05, 0) is 77.9 Å². The number of cyclic esters (lactones) is 1. The van der Waals surface area contributed by atoms with E-state index in [-0.39, 0.29) is 17.8 Å². The van der Waals surface area contributed by atoms with Crippen LogP contribution in [0.4, 0.5) is 29.3 Å². The maximum Gasteiger partial charge on any atom is 0.411 e. The van der Waals surface area contributed by atoms with Crippen LogP contribution < -0.4 is 10.6 Å². The third-order valence-corrected chi connectivity index (χ3v) is 6.32. The van der Waals surface area contributed by atoms with Crippen molar-refractivity contribution in [2.75, 3.05) is 10.6 Å². The smallest absolute Gasteiger partial charge is 0.411 e. The molecule has 0 bridgehead atoms. The topological polar surface area (TPSA) is 87.7 Å². The zero-order valence-electron chi connectivity index (χ0n) is 20.8. The molecule has 0 aromatic heterocycles. The number of halogens is 3. The molecule has 3 amide bonds. The molecular weight excluding hydrogens is 523 g/mol. The second kappa shape index (κ2) is 11.3. The number of hydrogen-bond donors (Lipinski definition) is 2. The molecule has 10 heteroatoms. The Morgan fingerprint density at radius 3 is 2.05 bits per heavy atom. The van der Waals surface area contributed by atoms with Gasteiger partial charge in [-0.2, -0.15) is 0 Å². The normalized spacial score (nSPS) is 16.4. The second-order valence-electron chi connectivity index (χ2n) is 9.09. The molecule has 1 heterocycles. The monoisotopic (exact) mass is 545 g/mol. The van der Waals surface area contributed by atoms with E-state index < -0.39 is 47.5 Å². The first kappa shape index (κ1) is 26.5. The molecule has 1 aliphatic rings. The van der Waals surface area contributed by atoms with E-state index in [0.717, 1.165) is 6.07 Å². The van der Waals surface area contributed by atoms with Crippen LogP contribution in [0.2, 0.25) is 0 Å². The van der Waals surface area contributed by atoms with Gasteiger partial charge in [-0.1, -0.05) is 30.3 Å². The van der Waals surface area contributed by atoms with Crippen molar-refractivity contribution in [3.05, 3.63) is 131 Å². The minimum atomic E-state index is -1.15. The number of nitrogens with one attached hydrogen (secondary N) is 2. The van der Waals surface area contributed by atoms with Crippen LogP contribution in [-0.4, -0.2) is 28.8 Å². The molecule has 0 spiro atoms. The van der Waals surface area contributed by atoms with Gasteiger partial charge in [-0.15, -0.1) is 0 Å². The fourth-order valence-electron chi connectivity index (χ4n) is 4.34. The lowest BCUT2D eigenvalue weighted by Crippen LogP contribution is -2.43.